The van der Waals surface area contributed by atoms with Crippen molar-refractivity contribution in [3.63, 3.8) is 0 Å². The summed E-state index contributed by atoms with van der Waals surface area (Å²) >= 11 is 0. The fraction of sp³-hybridized carbons (Fsp3) is 0.816. The third-order valence-electron chi connectivity index (χ3n) is 7.25. The molecule has 0 rings (SSSR count). The van der Waals surface area contributed by atoms with Crippen molar-refractivity contribution in [3.05, 3.63) is 12.2 Å². The van der Waals surface area contributed by atoms with Crippen LogP contribution in [0.25, 0.3) is 0 Å². The van der Waals surface area contributed by atoms with Crippen LogP contribution in [-0.4, -0.2) is 139 Å². The van der Waals surface area contributed by atoms with E-state index in [4.69, 9.17) is 47.9 Å². The van der Waals surface area contributed by atoms with Crippen LogP contribution in [0.15, 0.2) is 17.1 Å². The Morgan fingerprint density at radius 2 is 1.24 bits per heavy atom. The first-order valence-corrected chi connectivity index (χ1v) is 18.7. The molecule has 0 aromatic heterocycles. The lowest BCUT2D eigenvalue weighted by atomic mass is 9.96. The number of nitrogens with zero attached hydrogens (tertiary/aromatic N) is 2. The molecule has 0 fully saturated rings. The second-order valence-corrected chi connectivity index (χ2v) is 14.2. The molecule has 0 spiro atoms. The number of alkyl carbamates (subject to hydrolysis) is 1. The van der Waals surface area contributed by atoms with E-state index in [-0.39, 0.29) is 75.3 Å². The van der Waals surface area contributed by atoms with Crippen molar-refractivity contribution in [2.24, 2.45) is 10.4 Å². The Balaban J connectivity index is 4.10. The van der Waals surface area contributed by atoms with Gasteiger partial charge in [-0.15, -0.1) is 0 Å². The van der Waals surface area contributed by atoms with Gasteiger partial charge in [0.2, 0.25) is 6.08 Å². The molecule has 17 heteroatoms. The maximum Gasteiger partial charge on any atom is 0.407 e. The van der Waals surface area contributed by atoms with Crippen LogP contribution in [0.4, 0.5) is 4.79 Å². The monoisotopic (exact) mass is 787 g/mol. The molecule has 0 aliphatic rings. The first-order chi connectivity index (χ1) is 26.0. The Kier molecular flexibility index (Phi) is 28.6. The van der Waals surface area contributed by atoms with Crippen LogP contribution in [0, 0.1) is 16.9 Å². The number of unbranched alkanes of at least 4 members (excludes halogenated alkanes) is 1. The van der Waals surface area contributed by atoms with Gasteiger partial charge in [-0.05, 0) is 67.7 Å². The van der Waals surface area contributed by atoms with E-state index < -0.39 is 30.2 Å². The molecule has 0 aliphatic carbocycles. The summed E-state index contributed by atoms with van der Waals surface area (Å²) < 4.78 is 55.1. The lowest BCUT2D eigenvalue weighted by Crippen LogP contribution is -2.34. The summed E-state index contributed by atoms with van der Waals surface area (Å²) in [6.07, 6.45) is 1.72. The largest absolute Gasteiger partial charge is 0.462 e. The summed E-state index contributed by atoms with van der Waals surface area (Å²) in [5.41, 5.74) is 0.111. The predicted octanol–water partition coefficient (Wildman–Crippen LogP) is 4.20. The Morgan fingerprint density at radius 1 is 0.745 bits per heavy atom. The first kappa shape index (κ1) is 51.4. The quantitative estimate of drug-likeness (QED) is 0.0188. The van der Waals surface area contributed by atoms with Crippen molar-refractivity contribution >= 4 is 24.1 Å². The number of nitrogens with one attached hydrogen (secondary N) is 1. The van der Waals surface area contributed by atoms with Gasteiger partial charge in [-0.25, -0.2) is 19.2 Å². The van der Waals surface area contributed by atoms with E-state index in [2.05, 4.69) is 35.5 Å². The lowest BCUT2D eigenvalue weighted by molar-refractivity contribution is -0.148. The zero-order valence-corrected chi connectivity index (χ0v) is 34.3. The number of isocyanates is 1. The van der Waals surface area contributed by atoms with Gasteiger partial charge in [-0.3, -0.25) is 0 Å². The highest BCUT2D eigenvalue weighted by Crippen LogP contribution is 2.17. The zero-order chi connectivity index (χ0) is 41.6. The average molecular weight is 788 g/mol. The highest BCUT2D eigenvalue weighted by atomic mass is 16.6. The van der Waals surface area contributed by atoms with Gasteiger partial charge in [-0.2, -0.15) is 10.3 Å². The number of hydrogen-bond acceptors (Lipinski definition) is 16. The number of esters is 2. The number of rotatable bonds is 33. The summed E-state index contributed by atoms with van der Waals surface area (Å²) in [5, 5.41) is 10.9. The molecule has 0 aliphatic heterocycles. The van der Waals surface area contributed by atoms with E-state index in [0.29, 0.717) is 58.1 Å². The molecule has 0 saturated carbocycles. The van der Waals surface area contributed by atoms with Crippen molar-refractivity contribution in [2.75, 3.05) is 72.6 Å². The van der Waals surface area contributed by atoms with Gasteiger partial charge >= 0.3 is 18.0 Å². The third-order valence-corrected chi connectivity index (χ3v) is 7.25. The molecule has 55 heavy (non-hydrogen) atoms. The SMILES string of the molecule is C=C(C)C(=O)OC(C)COC(C)COC(C)COCC(C)(C)COCC(C)OCC(C)OCC(C)OC(=O)NCCOC(=O)C(CCCCOC#N)N=C=O. The highest BCUT2D eigenvalue weighted by Gasteiger charge is 2.22. The van der Waals surface area contributed by atoms with Crippen molar-refractivity contribution in [3.8, 4) is 6.26 Å². The molecule has 7 unspecified atom stereocenters. The summed E-state index contributed by atoms with van der Waals surface area (Å²) in [6, 6.07) is -1.02. The maximum absolute atomic E-state index is 12.2. The van der Waals surface area contributed by atoms with Gasteiger partial charge in [0.1, 0.15) is 25.4 Å². The molecule has 7 atom stereocenters. The average Bonchev–Trinajstić information content (AvgIpc) is 3.12. The van der Waals surface area contributed by atoms with Gasteiger partial charge in [-0.1, -0.05) is 20.4 Å². The minimum atomic E-state index is -1.02. The molecule has 0 heterocycles. The van der Waals surface area contributed by atoms with E-state index in [1.54, 1.807) is 27.0 Å². The van der Waals surface area contributed by atoms with Gasteiger partial charge in [0, 0.05) is 11.0 Å². The molecule has 0 saturated heterocycles. The number of nitriles is 1. The zero-order valence-electron chi connectivity index (χ0n) is 34.3. The second kappa shape index (κ2) is 30.6. The summed E-state index contributed by atoms with van der Waals surface area (Å²) in [6.45, 7) is 23.2. The van der Waals surface area contributed by atoms with E-state index in [1.807, 2.05) is 27.7 Å². The van der Waals surface area contributed by atoms with Gasteiger partial charge in [0.05, 0.1) is 83.8 Å². The topological polar surface area (TPSA) is 209 Å². The van der Waals surface area contributed by atoms with Crippen molar-refractivity contribution in [1.29, 1.82) is 5.26 Å². The van der Waals surface area contributed by atoms with Crippen LogP contribution < -0.4 is 5.32 Å². The van der Waals surface area contributed by atoms with E-state index in [1.165, 1.54) is 6.08 Å². The predicted molar refractivity (Wildman–Crippen MR) is 200 cm³/mol. The smallest absolute Gasteiger partial charge is 0.407 e. The van der Waals surface area contributed by atoms with Crippen molar-refractivity contribution < 1.29 is 66.5 Å². The van der Waals surface area contributed by atoms with E-state index in [9.17, 15) is 19.2 Å². The number of carbonyl (C=O) groups excluding carboxylic acids is 4. The standard InChI is InChI=1S/C38H65N3O14/c1-27(2)35(43)54-32(7)21-52-30(5)19-50-28(3)17-47-23-38(9,10)24-48-18-29(4)51-20-31(6)53-22-33(8)55-37(45)40-14-16-49-36(44)34(41-26-42)13-11-12-15-46-25-39/h28-34H,1,11-24H2,2-10H3,(H,40,45). The van der Waals surface area contributed by atoms with Crippen LogP contribution >= 0.6 is 0 Å². The maximum atomic E-state index is 12.2. The van der Waals surface area contributed by atoms with Crippen LogP contribution in [0.2, 0.25) is 0 Å². The Morgan fingerprint density at radius 3 is 1.73 bits per heavy atom. The second-order valence-electron chi connectivity index (χ2n) is 14.2. The van der Waals surface area contributed by atoms with Crippen LogP contribution in [0.3, 0.4) is 0 Å². The van der Waals surface area contributed by atoms with Crippen molar-refractivity contribution in [2.45, 2.75) is 124 Å². The minimum Gasteiger partial charge on any atom is -0.462 e. The van der Waals surface area contributed by atoms with Crippen molar-refractivity contribution in [1.82, 2.24) is 5.32 Å². The fourth-order valence-electron chi connectivity index (χ4n) is 4.27. The lowest BCUT2D eigenvalue weighted by Gasteiger charge is -2.26. The van der Waals surface area contributed by atoms with Gasteiger partial charge in [0.25, 0.3) is 6.26 Å². The molecule has 1 amide bonds. The van der Waals surface area contributed by atoms with Crippen LogP contribution in [-0.2, 0) is 61.8 Å². The number of ether oxygens (including phenoxy) is 10. The number of carbonyl (C=O) groups is 3. The Labute approximate surface area is 326 Å². The molecule has 0 bridgehead atoms. The normalized spacial score (nSPS) is 15.1. The Bertz CT molecular complexity index is 1190. The molecular formula is C38H65N3O14. The molecule has 1 N–H and O–H groups in total. The minimum absolute atomic E-state index is 0.00946. The van der Waals surface area contributed by atoms with Gasteiger partial charge < -0.3 is 52.7 Å². The molecule has 316 valence electrons. The van der Waals surface area contributed by atoms with Gasteiger partial charge in [0.15, 0.2) is 6.04 Å². The van der Waals surface area contributed by atoms with Crippen LogP contribution in [0.1, 0.15) is 81.6 Å². The number of amides is 1. The molecule has 17 nitrogen and oxygen atoms in total. The summed E-state index contributed by atoms with van der Waals surface area (Å²) in [7, 11) is 0. The Hall–Kier alpha value is -3.62. The summed E-state index contributed by atoms with van der Waals surface area (Å²) in [4.78, 5) is 50.0. The molecule has 0 aromatic rings. The third kappa shape index (κ3) is 29.4. The molecule has 0 radical (unpaired) electrons. The summed E-state index contributed by atoms with van der Waals surface area (Å²) in [5.74, 6) is -1.16. The highest BCUT2D eigenvalue weighted by molar-refractivity contribution is 5.87. The van der Waals surface area contributed by atoms with Crippen LogP contribution in [0.5, 0.6) is 0 Å². The number of hydrogen-bond donors (Lipinski definition) is 1. The van der Waals surface area contributed by atoms with E-state index >= 15 is 0 Å². The fourth-order valence-corrected chi connectivity index (χ4v) is 4.27. The van der Waals surface area contributed by atoms with E-state index in [0.717, 1.165) is 0 Å². The number of aliphatic imine (C=N–C) groups is 1. The first-order valence-electron chi connectivity index (χ1n) is 18.7. The molecule has 0 aromatic carbocycles. The molecular weight excluding hydrogens is 722 g/mol.